The van der Waals surface area contributed by atoms with Crippen LogP contribution in [-0.2, 0) is 0 Å². The topological polar surface area (TPSA) is 61.4 Å². The van der Waals surface area contributed by atoms with Crippen LogP contribution in [0.2, 0.25) is 0 Å². The van der Waals surface area contributed by atoms with Crippen molar-refractivity contribution in [2.45, 2.75) is 0 Å². The monoisotopic (exact) mass is 792 g/mol. The van der Waals surface area contributed by atoms with E-state index in [0.717, 1.165) is 72.1 Å². The van der Waals surface area contributed by atoms with Crippen LogP contribution in [0.1, 0.15) is 0 Å². The Morgan fingerprint density at radius 2 is 0.823 bits per heavy atom. The van der Waals surface area contributed by atoms with E-state index in [9.17, 15) is 0 Å². The fourth-order valence-electron chi connectivity index (χ4n) is 8.89. The molecule has 290 valence electrons. The van der Waals surface area contributed by atoms with Crippen molar-refractivity contribution in [2.75, 3.05) is 0 Å². The molecule has 6 nitrogen and oxygen atoms in total. The van der Waals surface area contributed by atoms with Crippen molar-refractivity contribution >= 4 is 43.5 Å². The maximum atomic E-state index is 5.41. The zero-order valence-corrected chi connectivity index (χ0v) is 33.5. The fraction of sp³-hybridized carbons (Fsp3) is 0. The first kappa shape index (κ1) is 35.5. The van der Waals surface area contributed by atoms with Gasteiger partial charge in [-0.1, -0.05) is 158 Å². The normalized spacial score (nSPS) is 11.5. The van der Waals surface area contributed by atoms with Gasteiger partial charge in [0.05, 0.1) is 22.2 Å². The van der Waals surface area contributed by atoms with E-state index in [1.54, 1.807) is 0 Å². The Labute approximate surface area is 357 Å². The van der Waals surface area contributed by atoms with Crippen LogP contribution in [0.15, 0.2) is 218 Å². The van der Waals surface area contributed by atoms with Crippen LogP contribution >= 0.6 is 0 Å². The number of para-hydroxylation sites is 3. The molecular formula is C56H36N6. The Bertz CT molecular complexity index is 3540. The maximum Gasteiger partial charge on any atom is 0.164 e. The number of aromatic nitrogens is 6. The molecule has 0 saturated heterocycles. The van der Waals surface area contributed by atoms with E-state index >= 15 is 0 Å². The number of rotatable bonds is 7. The highest BCUT2D eigenvalue weighted by Gasteiger charge is 2.22. The van der Waals surface area contributed by atoms with Gasteiger partial charge in [-0.25, -0.2) is 19.6 Å². The zero-order valence-electron chi connectivity index (χ0n) is 33.5. The zero-order chi connectivity index (χ0) is 41.0. The lowest BCUT2D eigenvalue weighted by molar-refractivity contribution is 0.918. The lowest BCUT2D eigenvalue weighted by Crippen LogP contribution is -2.01. The minimum atomic E-state index is 0.594. The Kier molecular flexibility index (Phi) is 8.38. The molecule has 0 aliphatic carbocycles. The molecular weight excluding hydrogens is 757 g/mol. The number of hydrogen-bond donors (Lipinski definition) is 0. The van der Waals surface area contributed by atoms with Crippen molar-refractivity contribution in [3.63, 3.8) is 0 Å². The summed E-state index contributed by atoms with van der Waals surface area (Å²) in [4.78, 5) is 15.5. The summed E-state index contributed by atoms with van der Waals surface area (Å²) in [5.41, 5.74) is 12.4. The highest BCUT2D eigenvalue weighted by molar-refractivity contribution is 6.18. The lowest BCUT2D eigenvalue weighted by atomic mass is 9.93. The number of benzene rings is 9. The van der Waals surface area contributed by atoms with Gasteiger partial charge in [0.2, 0.25) is 0 Å². The summed E-state index contributed by atoms with van der Waals surface area (Å²) in [5.74, 6) is 1.81. The number of nitrogens with zero attached hydrogens (tertiary/aromatic N) is 6. The van der Waals surface area contributed by atoms with Crippen LogP contribution < -0.4 is 0 Å². The molecule has 0 aliphatic heterocycles. The number of fused-ring (bicyclic) bond motifs is 6. The summed E-state index contributed by atoms with van der Waals surface area (Å²) < 4.78 is 4.42. The average molecular weight is 793 g/mol. The van der Waals surface area contributed by atoms with Crippen molar-refractivity contribution < 1.29 is 0 Å². The van der Waals surface area contributed by atoms with Crippen molar-refractivity contribution in [3.05, 3.63) is 218 Å². The molecule has 62 heavy (non-hydrogen) atoms. The van der Waals surface area contributed by atoms with Gasteiger partial charge in [-0.05, 0) is 77.2 Å². The van der Waals surface area contributed by atoms with Gasteiger partial charge in [0, 0.05) is 49.5 Å². The predicted molar refractivity (Wildman–Crippen MR) is 253 cm³/mol. The molecule has 0 fully saturated rings. The summed E-state index contributed by atoms with van der Waals surface area (Å²) >= 11 is 0. The highest BCUT2D eigenvalue weighted by atomic mass is 15.3. The van der Waals surface area contributed by atoms with Crippen LogP contribution in [0.5, 0.6) is 0 Å². The van der Waals surface area contributed by atoms with E-state index in [4.69, 9.17) is 20.1 Å². The van der Waals surface area contributed by atoms with E-state index in [0.29, 0.717) is 17.5 Å². The molecule has 12 aromatic rings. The SMILES string of the molecule is c1ccc(-c2nc(-c3ccc(-n4c5ccccc5c5ccccc54)cc3)nc(-c3ccc4cc(-c5ccccc5)c5c(-c6ccccc6)nn(-c6ccccc6)c5c4c3)n2)cc1. The average Bonchev–Trinajstić information content (AvgIpc) is 3.92. The van der Waals surface area contributed by atoms with Crippen molar-refractivity contribution in [1.29, 1.82) is 0 Å². The van der Waals surface area contributed by atoms with E-state index in [1.807, 2.05) is 42.5 Å². The maximum absolute atomic E-state index is 5.41. The molecule has 3 heterocycles. The van der Waals surface area contributed by atoms with Crippen LogP contribution in [-0.4, -0.2) is 29.3 Å². The van der Waals surface area contributed by atoms with Gasteiger partial charge in [0.25, 0.3) is 0 Å². The van der Waals surface area contributed by atoms with Crippen molar-refractivity contribution in [3.8, 4) is 67.9 Å². The second-order valence-corrected chi connectivity index (χ2v) is 15.5. The summed E-state index contributed by atoms with van der Waals surface area (Å²) in [5, 5.41) is 11.1. The van der Waals surface area contributed by atoms with Gasteiger partial charge in [-0.3, -0.25) is 0 Å². The molecule has 0 amide bonds. The van der Waals surface area contributed by atoms with Gasteiger partial charge in [0.1, 0.15) is 5.69 Å². The van der Waals surface area contributed by atoms with E-state index in [2.05, 4.69) is 185 Å². The second kappa shape index (κ2) is 14.7. The summed E-state index contributed by atoms with van der Waals surface area (Å²) in [6.07, 6.45) is 0. The molecule has 0 bridgehead atoms. The fourth-order valence-corrected chi connectivity index (χ4v) is 8.89. The Balaban J connectivity index is 1.07. The third-order valence-electron chi connectivity index (χ3n) is 11.8. The first-order valence-electron chi connectivity index (χ1n) is 20.8. The molecule has 12 rings (SSSR count). The molecule has 3 aromatic heterocycles. The highest BCUT2D eigenvalue weighted by Crippen LogP contribution is 2.43. The van der Waals surface area contributed by atoms with E-state index < -0.39 is 0 Å². The lowest BCUT2D eigenvalue weighted by Gasteiger charge is -2.13. The van der Waals surface area contributed by atoms with Gasteiger partial charge >= 0.3 is 0 Å². The van der Waals surface area contributed by atoms with Gasteiger partial charge in [-0.15, -0.1) is 0 Å². The molecule has 0 spiro atoms. The second-order valence-electron chi connectivity index (χ2n) is 15.5. The van der Waals surface area contributed by atoms with Gasteiger partial charge in [-0.2, -0.15) is 5.10 Å². The van der Waals surface area contributed by atoms with E-state index in [-0.39, 0.29) is 0 Å². The van der Waals surface area contributed by atoms with Gasteiger partial charge in [0.15, 0.2) is 17.5 Å². The largest absolute Gasteiger partial charge is 0.309 e. The van der Waals surface area contributed by atoms with E-state index in [1.165, 1.54) is 21.8 Å². The first-order valence-corrected chi connectivity index (χ1v) is 20.8. The first-order chi connectivity index (χ1) is 30.7. The Hall–Kier alpha value is -8.48. The Morgan fingerprint density at radius 3 is 1.44 bits per heavy atom. The van der Waals surface area contributed by atoms with Gasteiger partial charge < -0.3 is 4.57 Å². The molecule has 0 unspecified atom stereocenters. The molecule has 0 N–H and O–H groups in total. The molecule has 0 radical (unpaired) electrons. The molecule has 0 aliphatic rings. The smallest absolute Gasteiger partial charge is 0.164 e. The molecule has 6 heteroatoms. The predicted octanol–water partition coefficient (Wildman–Crippen LogP) is 13.8. The summed E-state index contributed by atoms with van der Waals surface area (Å²) in [6, 6.07) is 76.2. The third kappa shape index (κ3) is 5.96. The van der Waals surface area contributed by atoms with Crippen molar-refractivity contribution in [2.24, 2.45) is 0 Å². The molecule has 0 atom stereocenters. The van der Waals surface area contributed by atoms with Crippen LogP contribution in [0.25, 0.3) is 111 Å². The van der Waals surface area contributed by atoms with Crippen LogP contribution in [0.3, 0.4) is 0 Å². The summed E-state index contributed by atoms with van der Waals surface area (Å²) in [6.45, 7) is 0. The minimum absolute atomic E-state index is 0.594. The summed E-state index contributed by atoms with van der Waals surface area (Å²) in [7, 11) is 0. The molecule has 0 saturated carbocycles. The number of hydrogen-bond acceptors (Lipinski definition) is 4. The standard InChI is InChI=1S/C56H36N6/c1-5-17-37(18-6-1)47-35-41-29-30-42(36-48(41)53-51(47)52(38-19-7-2-8-20-38)60-62(53)44-23-11-4-12-24-44)56-58-54(39-21-9-3-10-22-39)57-55(59-56)40-31-33-43(34-32-40)61-49-27-15-13-25-45(49)46-26-14-16-28-50(46)61/h1-36H. The third-order valence-corrected chi connectivity index (χ3v) is 11.8. The van der Waals surface area contributed by atoms with Crippen LogP contribution in [0, 0.1) is 0 Å². The quantitative estimate of drug-likeness (QED) is 0.161. The molecule has 9 aromatic carbocycles. The Morgan fingerprint density at radius 1 is 0.339 bits per heavy atom. The van der Waals surface area contributed by atoms with Crippen LogP contribution in [0.4, 0.5) is 0 Å². The minimum Gasteiger partial charge on any atom is -0.309 e. The van der Waals surface area contributed by atoms with Crippen molar-refractivity contribution in [1.82, 2.24) is 29.3 Å².